The Hall–Kier alpha value is -3.48. The van der Waals surface area contributed by atoms with Gasteiger partial charge in [0, 0.05) is 36.3 Å². The number of nitrogens with zero attached hydrogens (tertiary/aromatic N) is 3. The number of amides is 2. The van der Waals surface area contributed by atoms with Crippen LogP contribution in [0.3, 0.4) is 0 Å². The van der Waals surface area contributed by atoms with E-state index < -0.39 is 11.9 Å². The van der Waals surface area contributed by atoms with Crippen molar-refractivity contribution in [2.75, 3.05) is 11.4 Å². The zero-order chi connectivity index (χ0) is 17.9. The van der Waals surface area contributed by atoms with E-state index in [1.165, 1.54) is 0 Å². The summed E-state index contributed by atoms with van der Waals surface area (Å²) >= 11 is 0. The largest absolute Gasteiger partial charge is 0.355 e. The van der Waals surface area contributed by atoms with Gasteiger partial charge in [0.1, 0.15) is 6.04 Å². The van der Waals surface area contributed by atoms with Gasteiger partial charge < -0.3 is 14.7 Å². The molecule has 2 amide bonds. The lowest BCUT2D eigenvalue weighted by molar-refractivity contribution is -0.118. The fraction of sp³-hybridized carbons (Fsp3) is 0.158. The Balaban J connectivity index is 1.44. The molecule has 1 N–H and O–H groups in total. The number of carbonyl (C=O) groups excluding carboxylic acids is 2. The molecule has 130 valence electrons. The Labute approximate surface area is 149 Å². The van der Waals surface area contributed by atoms with Crippen LogP contribution in [-0.4, -0.2) is 34.5 Å². The molecular formula is C19H16N4O3. The summed E-state index contributed by atoms with van der Waals surface area (Å²) in [6.45, 7) is 0.563. The maximum atomic E-state index is 12.6. The van der Waals surface area contributed by atoms with Crippen LogP contribution in [0.1, 0.15) is 16.9 Å². The third-order valence-electron chi connectivity index (χ3n) is 4.27. The highest BCUT2D eigenvalue weighted by molar-refractivity contribution is 6.03. The smallest absolute Gasteiger partial charge is 0.274 e. The fourth-order valence-corrected chi connectivity index (χ4v) is 2.94. The van der Waals surface area contributed by atoms with Crippen LogP contribution >= 0.6 is 0 Å². The molecule has 1 unspecified atom stereocenters. The first-order valence-corrected chi connectivity index (χ1v) is 8.27. The summed E-state index contributed by atoms with van der Waals surface area (Å²) in [6.07, 6.45) is 3.82. The van der Waals surface area contributed by atoms with E-state index in [9.17, 15) is 9.59 Å². The zero-order valence-corrected chi connectivity index (χ0v) is 13.8. The molecule has 0 aliphatic carbocycles. The van der Waals surface area contributed by atoms with E-state index in [1.54, 1.807) is 29.4 Å². The molecule has 3 aromatic rings. The van der Waals surface area contributed by atoms with Crippen LogP contribution in [0.25, 0.3) is 11.3 Å². The minimum atomic E-state index is -0.568. The summed E-state index contributed by atoms with van der Waals surface area (Å²) in [6, 6.07) is 14.0. The summed E-state index contributed by atoms with van der Waals surface area (Å²) in [7, 11) is 0. The van der Waals surface area contributed by atoms with Gasteiger partial charge in [0.2, 0.25) is 5.91 Å². The molecule has 4 rings (SSSR count). The van der Waals surface area contributed by atoms with Crippen molar-refractivity contribution in [1.82, 2.24) is 15.5 Å². The minimum absolute atomic E-state index is 0.125. The van der Waals surface area contributed by atoms with Gasteiger partial charge in [-0.1, -0.05) is 23.4 Å². The van der Waals surface area contributed by atoms with Gasteiger partial charge in [0.15, 0.2) is 11.5 Å². The second-order valence-corrected chi connectivity index (χ2v) is 5.96. The van der Waals surface area contributed by atoms with Crippen molar-refractivity contribution < 1.29 is 14.1 Å². The summed E-state index contributed by atoms with van der Waals surface area (Å²) in [5.74, 6) is -0.107. The van der Waals surface area contributed by atoms with E-state index in [2.05, 4.69) is 15.5 Å². The number of aromatic nitrogens is 2. The third-order valence-corrected chi connectivity index (χ3v) is 4.27. The molecule has 1 fully saturated rings. The van der Waals surface area contributed by atoms with Crippen LogP contribution in [0.15, 0.2) is 65.4 Å². The number of hydrogen-bond donors (Lipinski definition) is 1. The topological polar surface area (TPSA) is 88.3 Å². The Bertz CT molecular complexity index is 924. The number of hydrogen-bond acceptors (Lipinski definition) is 5. The number of rotatable bonds is 4. The van der Waals surface area contributed by atoms with Crippen molar-refractivity contribution >= 4 is 17.5 Å². The van der Waals surface area contributed by atoms with Crippen LogP contribution < -0.4 is 10.2 Å². The normalized spacial score (nSPS) is 16.7. The van der Waals surface area contributed by atoms with Gasteiger partial charge >= 0.3 is 0 Å². The van der Waals surface area contributed by atoms with Gasteiger partial charge in [-0.2, -0.15) is 0 Å². The zero-order valence-electron chi connectivity index (χ0n) is 13.8. The Morgan fingerprint density at radius 3 is 2.81 bits per heavy atom. The molecule has 2 aromatic heterocycles. The van der Waals surface area contributed by atoms with Crippen molar-refractivity contribution in [3.8, 4) is 11.3 Å². The van der Waals surface area contributed by atoms with Gasteiger partial charge in [-0.15, -0.1) is 0 Å². The molecule has 0 spiro atoms. The molecule has 1 aliphatic heterocycles. The minimum Gasteiger partial charge on any atom is -0.355 e. The van der Waals surface area contributed by atoms with Gasteiger partial charge in [-0.3, -0.25) is 14.6 Å². The first kappa shape index (κ1) is 16.0. The number of para-hydroxylation sites is 1. The number of anilines is 1. The molecule has 3 heterocycles. The molecule has 26 heavy (non-hydrogen) atoms. The Morgan fingerprint density at radius 1 is 1.19 bits per heavy atom. The molecule has 7 nitrogen and oxygen atoms in total. The van der Waals surface area contributed by atoms with E-state index >= 15 is 0 Å². The van der Waals surface area contributed by atoms with Crippen LogP contribution in [0.4, 0.5) is 5.69 Å². The van der Waals surface area contributed by atoms with Crippen molar-refractivity contribution in [2.24, 2.45) is 0 Å². The van der Waals surface area contributed by atoms with Crippen molar-refractivity contribution in [2.45, 2.75) is 12.5 Å². The van der Waals surface area contributed by atoms with E-state index in [4.69, 9.17) is 4.52 Å². The van der Waals surface area contributed by atoms with Crippen LogP contribution in [0, 0.1) is 0 Å². The monoisotopic (exact) mass is 348 g/mol. The first-order valence-electron chi connectivity index (χ1n) is 8.27. The van der Waals surface area contributed by atoms with E-state index in [0.717, 1.165) is 11.3 Å². The molecule has 1 aromatic carbocycles. The van der Waals surface area contributed by atoms with E-state index in [1.807, 2.05) is 36.4 Å². The Kier molecular flexibility index (Phi) is 4.18. The summed E-state index contributed by atoms with van der Waals surface area (Å²) in [5.41, 5.74) is 1.69. The predicted molar refractivity (Wildman–Crippen MR) is 94.4 cm³/mol. The SMILES string of the molecule is O=C(NC1CCN(c2ccccc2)C1=O)c1cc(-c2cccnc2)on1. The average molecular weight is 348 g/mol. The highest BCUT2D eigenvalue weighted by Gasteiger charge is 2.34. The van der Waals surface area contributed by atoms with Gasteiger partial charge in [-0.25, -0.2) is 0 Å². The van der Waals surface area contributed by atoms with Crippen molar-refractivity contribution in [3.05, 3.63) is 66.6 Å². The molecule has 7 heteroatoms. The lowest BCUT2D eigenvalue weighted by atomic mass is 10.2. The molecule has 1 atom stereocenters. The molecular weight excluding hydrogens is 332 g/mol. The van der Waals surface area contributed by atoms with Gasteiger partial charge in [-0.05, 0) is 30.7 Å². The second-order valence-electron chi connectivity index (χ2n) is 5.96. The standard InChI is InChI=1S/C19H16N4O3/c24-18(16-11-17(26-22-16)13-5-4-9-20-12-13)21-15-8-10-23(19(15)25)14-6-2-1-3-7-14/h1-7,9,11-12,15H,8,10H2,(H,21,24). The molecule has 1 saturated heterocycles. The number of carbonyl (C=O) groups is 2. The quantitative estimate of drug-likeness (QED) is 0.781. The van der Waals surface area contributed by atoms with Crippen molar-refractivity contribution in [3.63, 3.8) is 0 Å². The van der Waals surface area contributed by atoms with Gasteiger partial charge in [0.05, 0.1) is 0 Å². The first-order chi connectivity index (χ1) is 12.7. The van der Waals surface area contributed by atoms with Crippen molar-refractivity contribution in [1.29, 1.82) is 0 Å². The maximum Gasteiger partial charge on any atom is 0.274 e. The number of nitrogens with one attached hydrogen (secondary N) is 1. The molecule has 1 aliphatic rings. The van der Waals surface area contributed by atoms with Crippen LogP contribution in [-0.2, 0) is 4.79 Å². The molecule has 0 bridgehead atoms. The number of benzene rings is 1. The van der Waals surface area contributed by atoms with Crippen LogP contribution in [0.2, 0.25) is 0 Å². The Morgan fingerprint density at radius 2 is 2.04 bits per heavy atom. The highest BCUT2D eigenvalue weighted by Crippen LogP contribution is 2.22. The van der Waals surface area contributed by atoms with E-state index in [0.29, 0.717) is 18.7 Å². The predicted octanol–water partition coefficient (Wildman–Crippen LogP) is 2.27. The summed E-state index contributed by atoms with van der Waals surface area (Å²) in [5, 5.41) is 6.54. The van der Waals surface area contributed by atoms with E-state index in [-0.39, 0.29) is 11.6 Å². The lowest BCUT2D eigenvalue weighted by Crippen LogP contribution is -2.41. The van der Waals surface area contributed by atoms with Gasteiger partial charge in [0.25, 0.3) is 5.91 Å². The molecule has 0 saturated carbocycles. The lowest BCUT2D eigenvalue weighted by Gasteiger charge is -2.16. The molecule has 0 radical (unpaired) electrons. The van der Waals surface area contributed by atoms with Crippen LogP contribution in [0.5, 0.6) is 0 Å². The summed E-state index contributed by atoms with van der Waals surface area (Å²) < 4.78 is 5.21. The number of pyridine rings is 1. The second kappa shape index (κ2) is 6.79. The highest BCUT2D eigenvalue weighted by atomic mass is 16.5. The fourth-order valence-electron chi connectivity index (χ4n) is 2.94. The average Bonchev–Trinajstić information content (AvgIpc) is 3.31. The maximum absolute atomic E-state index is 12.6. The summed E-state index contributed by atoms with van der Waals surface area (Å²) in [4.78, 5) is 30.7. The third kappa shape index (κ3) is 3.06.